The summed E-state index contributed by atoms with van der Waals surface area (Å²) in [7, 11) is 0. The summed E-state index contributed by atoms with van der Waals surface area (Å²) in [6.45, 7) is 7.45. The number of hydrogen-bond acceptors (Lipinski definition) is 2. The lowest BCUT2D eigenvalue weighted by Gasteiger charge is -2.24. The smallest absolute Gasteiger partial charge is 0.0833 e. The molecule has 2 heteroatoms. The van der Waals surface area contributed by atoms with Crippen LogP contribution in [0, 0.1) is 5.41 Å². The van der Waals surface area contributed by atoms with Gasteiger partial charge in [0.15, 0.2) is 0 Å². The van der Waals surface area contributed by atoms with Gasteiger partial charge in [-0.05, 0) is 24.7 Å². The van der Waals surface area contributed by atoms with Crippen molar-refractivity contribution in [3.05, 3.63) is 0 Å². The van der Waals surface area contributed by atoms with E-state index in [-0.39, 0.29) is 12.2 Å². The first kappa shape index (κ1) is 13.0. The Labute approximate surface area is 94.0 Å². The van der Waals surface area contributed by atoms with Gasteiger partial charge in [0, 0.05) is 6.61 Å². The minimum absolute atomic E-state index is 0.0925. The quantitative estimate of drug-likeness (QED) is 0.731. The maximum Gasteiger partial charge on any atom is 0.0833 e. The summed E-state index contributed by atoms with van der Waals surface area (Å²) in [5.41, 5.74) is 0.329. The Morgan fingerprint density at radius 3 is 2.47 bits per heavy atom. The fraction of sp³-hybridized carbons (Fsp3) is 1.00. The first-order chi connectivity index (χ1) is 6.99. The lowest BCUT2D eigenvalue weighted by molar-refractivity contribution is -0.0465. The summed E-state index contributed by atoms with van der Waals surface area (Å²) in [4.78, 5) is 0. The second-order valence-electron chi connectivity index (χ2n) is 5.93. The normalized spacial score (nSPS) is 28.8. The van der Waals surface area contributed by atoms with E-state index in [1.807, 2.05) is 0 Å². The Kier molecular flexibility index (Phi) is 5.07. The van der Waals surface area contributed by atoms with E-state index in [0.29, 0.717) is 5.41 Å². The number of aliphatic hydroxyl groups is 1. The first-order valence-electron chi connectivity index (χ1n) is 6.29. The van der Waals surface area contributed by atoms with E-state index >= 15 is 0 Å². The Morgan fingerprint density at radius 1 is 1.13 bits per heavy atom. The van der Waals surface area contributed by atoms with Crippen molar-refractivity contribution in [2.75, 3.05) is 6.61 Å². The Bertz CT molecular complexity index is 172. The van der Waals surface area contributed by atoms with Crippen LogP contribution in [0.5, 0.6) is 0 Å². The molecule has 1 aliphatic carbocycles. The molecular formula is C13H26O2. The standard InChI is InChI=1S/C13H26O2/c1-13(2,3)9-10-15-12-8-6-4-5-7-11(12)14/h11-12,14H,4-10H2,1-3H3. The number of aliphatic hydroxyl groups excluding tert-OH is 1. The Hall–Kier alpha value is -0.0800. The first-order valence-corrected chi connectivity index (χ1v) is 6.29. The van der Waals surface area contributed by atoms with Crippen molar-refractivity contribution in [3.63, 3.8) is 0 Å². The monoisotopic (exact) mass is 214 g/mol. The van der Waals surface area contributed by atoms with Crippen LogP contribution in [0.1, 0.15) is 59.3 Å². The zero-order chi connectivity index (χ0) is 11.3. The average Bonchev–Trinajstić information content (AvgIpc) is 2.30. The van der Waals surface area contributed by atoms with Gasteiger partial charge in [-0.1, -0.05) is 40.0 Å². The van der Waals surface area contributed by atoms with Crippen molar-refractivity contribution in [2.24, 2.45) is 5.41 Å². The molecular weight excluding hydrogens is 188 g/mol. The van der Waals surface area contributed by atoms with Crippen molar-refractivity contribution in [2.45, 2.75) is 71.5 Å². The summed E-state index contributed by atoms with van der Waals surface area (Å²) >= 11 is 0. The molecule has 0 spiro atoms. The summed E-state index contributed by atoms with van der Waals surface area (Å²) in [5.74, 6) is 0. The number of rotatable bonds is 3. The van der Waals surface area contributed by atoms with Gasteiger partial charge in [-0.25, -0.2) is 0 Å². The van der Waals surface area contributed by atoms with Crippen LogP contribution in [-0.4, -0.2) is 23.9 Å². The fourth-order valence-corrected chi connectivity index (χ4v) is 1.96. The predicted octanol–water partition coefficient (Wildman–Crippen LogP) is 3.13. The van der Waals surface area contributed by atoms with E-state index in [4.69, 9.17) is 4.74 Å². The van der Waals surface area contributed by atoms with Gasteiger partial charge in [0.05, 0.1) is 12.2 Å². The third-order valence-electron chi connectivity index (χ3n) is 3.10. The zero-order valence-corrected chi connectivity index (χ0v) is 10.5. The lowest BCUT2D eigenvalue weighted by atomic mass is 9.93. The minimum atomic E-state index is -0.229. The highest BCUT2D eigenvalue weighted by atomic mass is 16.5. The van der Waals surface area contributed by atoms with Crippen LogP contribution < -0.4 is 0 Å². The van der Waals surface area contributed by atoms with E-state index in [1.165, 1.54) is 12.8 Å². The third-order valence-corrected chi connectivity index (χ3v) is 3.10. The Balaban J connectivity index is 2.23. The molecule has 1 aliphatic rings. The number of ether oxygens (including phenoxy) is 1. The van der Waals surface area contributed by atoms with Crippen LogP contribution >= 0.6 is 0 Å². The van der Waals surface area contributed by atoms with E-state index < -0.39 is 0 Å². The minimum Gasteiger partial charge on any atom is -0.390 e. The molecule has 0 aromatic carbocycles. The predicted molar refractivity (Wildman–Crippen MR) is 62.9 cm³/mol. The van der Waals surface area contributed by atoms with Crippen LogP contribution in [0.2, 0.25) is 0 Å². The van der Waals surface area contributed by atoms with Crippen molar-refractivity contribution in [1.82, 2.24) is 0 Å². The zero-order valence-electron chi connectivity index (χ0n) is 10.5. The molecule has 1 saturated carbocycles. The molecule has 15 heavy (non-hydrogen) atoms. The fourth-order valence-electron chi connectivity index (χ4n) is 1.96. The van der Waals surface area contributed by atoms with E-state index in [9.17, 15) is 5.11 Å². The van der Waals surface area contributed by atoms with Crippen LogP contribution in [-0.2, 0) is 4.74 Å². The van der Waals surface area contributed by atoms with E-state index in [0.717, 1.165) is 32.3 Å². The molecule has 90 valence electrons. The van der Waals surface area contributed by atoms with Crippen molar-refractivity contribution in [3.8, 4) is 0 Å². The van der Waals surface area contributed by atoms with Gasteiger partial charge in [-0.3, -0.25) is 0 Å². The summed E-state index contributed by atoms with van der Waals surface area (Å²) < 4.78 is 5.80. The molecule has 0 aromatic rings. The molecule has 0 aliphatic heterocycles. The molecule has 0 radical (unpaired) electrons. The highest BCUT2D eigenvalue weighted by Gasteiger charge is 2.22. The maximum atomic E-state index is 9.85. The van der Waals surface area contributed by atoms with Crippen LogP contribution in [0.3, 0.4) is 0 Å². The highest BCUT2D eigenvalue weighted by Crippen LogP contribution is 2.23. The SMILES string of the molecule is CC(C)(C)CCOC1CCCCCC1O. The van der Waals surface area contributed by atoms with Crippen molar-refractivity contribution in [1.29, 1.82) is 0 Å². The summed E-state index contributed by atoms with van der Waals surface area (Å²) in [5, 5.41) is 9.85. The maximum absolute atomic E-state index is 9.85. The number of hydrogen-bond donors (Lipinski definition) is 1. The largest absolute Gasteiger partial charge is 0.390 e. The molecule has 0 bridgehead atoms. The van der Waals surface area contributed by atoms with Gasteiger partial charge < -0.3 is 9.84 Å². The van der Waals surface area contributed by atoms with Gasteiger partial charge >= 0.3 is 0 Å². The van der Waals surface area contributed by atoms with Gasteiger partial charge in [0.25, 0.3) is 0 Å². The second kappa shape index (κ2) is 5.86. The highest BCUT2D eigenvalue weighted by molar-refractivity contribution is 4.73. The molecule has 0 saturated heterocycles. The molecule has 1 N–H and O–H groups in total. The molecule has 2 unspecified atom stereocenters. The van der Waals surface area contributed by atoms with E-state index in [1.54, 1.807) is 0 Å². The molecule has 0 amide bonds. The summed E-state index contributed by atoms with van der Waals surface area (Å²) in [6.07, 6.45) is 6.48. The average molecular weight is 214 g/mol. The topological polar surface area (TPSA) is 29.5 Å². The molecule has 2 atom stereocenters. The van der Waals surface area contributed by atoms with Gasteiger partial charge in [-0.2, -0.15) is 0 Å². The van der Waals surface area contributed by atoms with Crippen molar-refractivity contribution < 1.29 is 9.84 Å². The van der Waals surface area contributed by atoms with Crippen LogP contribution in [0.4, 0.5) is 0 Å². The van der Waals surface area contributed by atoms with Gasteiger partial charge in [-0.15, -0.1) is 0 Å². The Morgan fingerprint density at radius 2 is 1.80 bits per heavy atom. The second-order valence-corrected chi connectivity index (χ2v) is 5.93. The third kappa shape index (κ3) is 5.53. The molecule has 2 nitrogen and oxygen atoms in total. The molecule has 0 aromatic heterocycles. The molecule has 1 fully saturated rings. The lowest BCUT2D eigenvalue weighted by Crippen LogP contribution is -2.28. The van der Waals surface area contributed by atoms with Gasteiger partial charge in [0.2, 0.25) is 0 Å². The van der Waals surface area contributed by atoms with Crippen LogP contribution in [0.15, 0.2) is 0 Å². The van der Waals surface area contributed by atoms with Crippen molar-refractivity contribution >= 4 is 0 Å². The molecule has 0 heterocycles. The molecule has 1 rings (SSSR count). The van der Waals surface area contributed by atoms with E-state index in [2.05, 4.69) is 20.8 Å². The van der Waals surface area contributed by atoms with Crippen LogP contribution in [0.25, 0.3) is 0 Å². The van der Waals surface area contributed by atoms with Gasteiger partial charge in [0.1, 0.15) is 0 Å². The summed E-state index contributed by atoms with van der Waals surface area (Å²) in [6, 6.07) is 0.